The summed E-state index contributed by atoms with van der Waals surface area (Å²) in [7, 11) is 0. The molecule has 3 rings (SSSR count). The molecule has 3 aromatic carbocycles. The minimum Gasteiger partial charge on any atom is -0.322 e. The summed E-state index contributed by atoms with van der Waals surface area (Å²) < 4.78 is 0. The van der Waals surface area contributed by atoms with E-state index in [4.69, 9.17) is 0 Å². The third-order valence-electron chi connectivity index (χ3n) is 4.05. The van der Waals surface area contributed by atoms with E-state index in [1.807, 2.05) is 62.4 Å². The molecule has 3 aromatic rings. The van der Waals surface area contributed by atoms with Gasteiger partial charge in [-0.2, -0.15) is 0 Å². The van der Waals surface area contributed by atoms with Crippen molar-refractivity contribution in [2.45, 2.75) is 13.8 Å². The van der Waals surface area contributed by atoms with Crippen LogP contribution in [0.25, 0.3) is 0 Å². The predicted molar refractivity (Wildman–Crippen MR) is 105 cm³/mol. The van der Waals surface area contributed by atoms with Gasteiger partial charge in [0.25, 0.3) is 11.8 Å². The zero-order valence-corrected chi connectivity index (χ0v) is 14.7. The molecule has 26 heavy (non-hydrogen) atoms. The van der Waals surface area contributed by atoms with E-state index in [1.165, 1.54) is 0 Å². The molecule has 4 heteroatoms. The minimum absolute atomic E-state index is 0.244. The minimum atomic E-state index is -0.252. The van der Waals surface area contributed by atoms with Crippen LogP contribution in [0, 0.1) is 13.8 Å². The van der Waals surface area contributed by atoms with Crippen molar-refractivity contribution in [3.63, 3.8) is 0 Å². The number of hydrogen-bond acceptors (Lipinski definition) is 2. The molecule has 130 valence electrons. The molecule has 0 aromatic heterocycles. The Hall–Kier alpha value is -3.40. The van der Waals surface area contributed by atoms with E-state index in [9.17, 15) is 9.59 Å². The Balaban J connectivity index is 1.76. The van der Waals surface area contributed by atoms with Gasteiger partial charge in [-0.05, 0) is 55.8 Å². The Kier molecular flexibility index (Phi) is 5.13. The average Bonchev–Trinajstić information content (AvgIpc) is 2.65. The summed E-state index contributed by atoms with van der Waals surface area (Å²) in [5.41, 5.74) is 4.48. The van der Waals surface area contributed by atoms with Crippen molar-refractivity contribution in [1.29, 1.82) is 0 Å². The molecule has 0 radical (unpaired) electrons. The number of carbonyl (C=O) groups is 2. The maximum atomic E-state index is 12.5. The van der Waals surface area contributed by atoms with Gasteiger partial charge in [-0.25, -0.2) is 0 Å². The van der Waals surface area contributed by atoms with Gasteiger partial charge < -0.3 is 10.6 Å². The molecule has 2 N–H and O–H groups in total. The highest BCUT2D eigenvalue weighted by Crippen LogP contribution is 2.18. The van der Waals surface area contributed by atoms with Crippen molar-refractivity contribution in [2.75, 3.05) is 10.6 Å². The number of aryl methyl sites for hydroxylation is 2. The third-order valence-corrected chi connectivity index (χ3v) is 4.05. The van der Waals surface area contributed by atoms with Crippen molar-refractivity contribution < 1.29 is 9.59 Å². The van der Waals surface area contributed by atoms with Crippen LogP contribution >= 0.6 is 0 Å². The van der Waals surface area contributed by atoms with Crippen LogP contribution in [0.4, 0.5) is 11.4 Å². The van der Waals surface area contributed by atoms with Crippen LogP contribution in [0.5, 0.6) is 0 Å². The van der Waals surface area contributed by atoms with Crippen LogP contribution in [0.15, 0.2) is 72.8 Å². The van der Waals surface area contributed by atoms with Gasteiger partial charge in [0, 0.05) is 22.5 Å². The molecule has 0 fully saturated rings. The summed E-state index contributed by atoms with van der Waals surface area (Å²) in [5, 5.41) is 5.72. The fourth-order valence-corrected chi connectivity index (χ4v) is 2.67. The SMILES string of the molecule is Cc1ccc(NC(=O)c2cccc(C(=O)Nc3ccccc3)c2)c(C)c1. The maximum Gasteiger partial charge on any atom is 0.255 e. The molecule has 0 bridgehead atoms. The Morgan fingerprint density at radius 3 is 2.00 bits per heavy atom. The normalized spacial score (nSPS) is 10.2. The van der Waals surface area contributed by atoms with Gasteiger partial charge >= 0.3 is 0 Å². The van der Waals surface area contributed by atoms with Crippen molar-refractivity contribution in [1.82, 2.24) is 0 Å². The molecule has 0 aliphatic rings. The Morgan fingerprint density at radius 1 is 0.692 bits per heavy atom. The fourth-order valence-electron chi connectivity index (χ4n) is 2.67. The highest BCUT2D eigenvalue weighted by Gasteiger charge is 2.12. The lowest BCUT2D eigenvalue weighted by Crippen LogP contribution is -2.16. The molecule has 0 saturated heterocycles. The topological polar surface area (TPSA) is 58.2 Å². The van der Waals surface area contributed by atoms with Crippen LogP contribution in [0.1, 0.15) is 31.8 Å². The smallest absolute Gasteiger partial charge is 0.255 e. The predicted octanol–water partition coefficient (Wildman–Crippen LogP) is 4.81. The number of carbonyl (C=O) groups excluding carboxylic acids is 2. The quantitative estimate of drug-likeness (QED) is 0.714. The first-order valence-corrected chi connectivity index (χ1v) is 8.38. The maximum absolute atomic E-state index is 12.5. The Bertz CT molecular complexity index is 949. The highest BCUT2D eigenvalue weighted by molar-refractivity contribution is 6.08. The first-order chi connectivity index (χ1) is 12.5. The lowest BCUT2D eigenvalue weighted by Gasteiger charge is -2.10. The number of nitrogens with one attached hydrogen (secondary N) is 2. The number of benzene rings is 3. The molecule has 0 unspecified atom stereocenters. The van der Waals surface area contributed by atoms with Gasteiger partial charge in [0.05, 0.1) is 0 Å². The van der Waals surface area contributed by atoms with Crippen molar-refractivity contribution >= 4 is 23.2 Å². The van der Waals surface area contributed by atoms with E-state index in [1.54, 1.807) is 24.3 Å². The van der Waals surface area contributed by atoms with Gasteiger partial charge in [-0.15, -0.1) is 0 Å². The van der Waals surface area contributed by atoms with Crippen LogP contribution < -0.4 is 10.6 Å². The second kappa shape index (κ2) is 7.66. The molecule has 0 heterocycles. The molecule has 4 nitrogen and oxygen atoms in total. The molecule has 0 atom stereocenters. The standard InChI is InChI=1S/C22H20N2O2/c1-15-11-12-20(16(2)13-15)24-22(26)18-8-6-7-17(14-18)21(25)23-19-9-4-3-5-10-19/h3-14H,1-2H3,(H,23,25)(H,24,26). The Morgan fingerprint density at radius 2 is 1.35 bits per heavy atom. The molecule has 0 spiro atoms. The van der Waals surface area contributed by atoms with Gasteiger partial charge in [-0.3, -0.25) is 9.59 Å². The third kappa shape index (κ3) is 4.16. The van der Waals surface area contributed by atoms with Crippen molar-refractivity contribution in [3.05, 3.63) is 95.1 Å². The number of para-hydroxylation sites is 1. The van der Waals surface area contributed by atoms with Gasteiger partial charge in [-0.1, -0.05) is 42.0 Å². The second-order valence-corrected chi connectivity index (χ2v) is 6.17. The Labute approximate surface area is 152 Å². The van der Waals surface area contributed by atoms with E-state index >= 15 is 0 Å². The van der Waals surface area contributed by atoms with Crippen molar-refractivity contribution in [2.24, 2.45) is 0 Å². The second-order valence-electron chi connectivity index (χ2n) is 6.17. The highest BCUT2D eigenvalue weighted by atomic mass is 16.2. The molecular formula is C22H20N2O2. The lowest BCUT2D eigenvalue weighted by molar-refractivity contribution is 0.102. The number of hydrogen-bond donors (Lipinski definition) is 2. The van der Waals surface area contributed by atoms with E-state index in [2.05, 4.69) is 10.6 Å². The van der Waals surface area contributed by atoms with E-state index in [-0.39, 0.29) is 11.8 Å². The number of anilines is 2. The largest absolute Gasteiger partial charge is 0.322 e. The molecule has 0 aliphatic carbocycles. The molecule has 0 saturated carbocycles. The fraction of sp³-hybridized carbons (Fsp3) is 0.0909. The van der Waals surface area contributed by atoms with Gasteiger partial charge in [0.2, 0.25) is 0 Å². The van der Waals surface area contributed by atoms with E-state index < -0.39 is 0 Å². The molecular weight excluding hydrogens is 324 g/mol. The van der Waals surface area contributed by atoms with Gasteiger partial charge in [0.1, 0.15) is 0 Å². The summed E-state index contributed by atoms with van der Waals surface area (Å²) in [6.45, 7) is 3.96. The van der Waals surface area contributed by atoms with Crippen LogP contribution in [0.2, 0.25) is 0 Å². The first kappa shape index (κ1) is 17.4. The molecule has 2 amide bonds. The summed E-state index contributed by atoms with van der Waals surface area (Å²) in [6, 6.07) is 21.7. The summed E-state index contributed by atoms with van der Waals surface area (Å²) in [5.74, 6) is -0.497. The van der Waals surface area contributed by atoms with Crippen LogP contribution in [0.3, 0.4) is 0 Å². The summed E-state index contributed by atoms with van der Waals surface area (Å²) in [4.78, 5) is 24.9. The number of rotatable bonds is 4. The van der Waals surface area contributed by atoms with Crippen LogP contribution in [-0.4, -0.2) is 11.8 Å². The zero-order chi connectivity index (χ0) is 18.5. The molecule has 0 aliphatic heterocycles. The summed E-state index contributed by atoms with van der Waals surface area (Å²) >= 11 is 0. The number of amides is 2. The zero-order valence-electron chi connectivity index (χ0n) is 14.7. The van der Waals surface area contributed by atoms with Gasteiger partial charge in [0.15, 0.2) is 0 Å². The lowest BCUT2D eigenvalue weighted by atomic mass is 10.1. The van der Waals surface area contributed by atoms with Crippen LogP contribution in [-0.2, 0) is 0 Å². The summed E-state index contributed by atoms with van der Waals surface area (Å²) in [6.07, 6.45) is 0. The van der Waals surface area contributed by atoms with Crippen molar-refractivity contribution in [3.8, 4) is 0 Å². The van der Waals surface area contributed by atoms with E-state index in [0.717, 1.165) is 16.8 Å². The average molecular weight is 344 g/mol. The monoisotopic (exact) mass is 344 g/mol. The van der Waals surface area contributed by atoms with E-state index in [0.29, 0.717) is 16.8 Å². The first-order valence-electron chi connectivity index (χ1n) is 8.38.